The second kappa shape index (κ2) is 4.83. The molecule has 0 spiro atoms. The highest BCUT2D eigenvalue weighted by molar-refractivity contribution is 6.32. The zero-order chi connectivity index (χ0) is 12.4. The van der Waals surface area contributed by atoms with Gasteiger partial charge in [0.25, 0.3) is 0 Å². The minimum absolute atomic E-state index is 0.226. The number of fused-ring (bicyclic) bond motifs is 1. The Hall–Kier alpha value is -1.79. The second-order valence-corrected chi connectivity index (χ2v) is 4.25. The summed E-state index contributed by atoms with van der Waals surface area (Å²) in [5, 5.41) is 10.4. The van der Waals surface area contributed by atoms with E-state index in [1.165, 1.54) is 6.33 Å². The number of hydrogen-bond donors (Lipinski definition) is 2. The second-order valence-electron chi connectivity index (χ2n) is 3.85. The van der Waals surface area contributed by atoms with E-state index in [2.05, 4.69) is 20.5 Å². The Balaban J connectivity index is 1.65. The Morgan fingerprint density at radius 1 is 1.33 bits per heavy atom. The molecule has 7 heteroatoms. The Kier molecular flexibility index (Phi) is 3.04. The van der Waals surface area contributed by atoms with Gasteiger partial charge in [-0.15, -0.1) is 0 Å². The molecule has 1 aliphatic rings. The molecular weight excluding hydrogens is 256 g/mol. The monoisotopic (exact) mass is 266 g/mol. The third-order valence-corrected chi connectivity index (χ3v) is 2.85. The minimum Gasteiger partial charge on any atom is -0.454 e. The van der Waals surface area contributed by atoms with Gasteiger partial charge in [-0.25, -0.2) is 4.98 Å². The van der Waals surface area contributed by atoms with Gasteiger partial charge in [0.2, 0.25) is 6.79 Å². The molecule has 2 N–H and O–H groups in total. The van der Waals surface area contributed by atoms with Crippen LogP contribution in [0.5, 0.6) is 11.5 Å². The zero-order valence-electron chi connectivity index (χ0n) is 9.44. The molecule has 18 heavy (non-hydrogen) atoms. The molecule has 0 aliphatic carbocycles. The molecule has 1 aromatic carbocycles. The van der Waals surface area contributed by atoms with E-state index in [1.54, 1.807) is 0 Å². The topological polar surface area (TPSA) is 72.1 Å². The van der Waals surface area contributed by atoms with Crippen molar-refractivity contribution in [3.8, 4) is 11.5 Å². The number of rotatable bonds is 4. The third-order valence-electron chi connectivity index (χ3n) is 2.57. The van der Waals surface area contributed by atoms with Crippen LogP contribution in [-0.2, 0) is 13.1 Å². The van der Waals surface area contributed by atoms with Crippen molar-refractivity contribution in [2.75, 3.05) is 6.79 Å². The molecule has 6 nitrogen and oxygen atoms in total. The molecule has 94 valence electrons. The van der Waals surface area contributed by atoms with Crippen LogP contribution in [0.3, 0.4) is 0 Å². The largest absolute Gasteiger partial charge is 0.454 e. The van der Waals surface area contributed by atoms with Gasteiger partial charge in [-0.3, -0.25) is 5.10 Å². The van der Waals surface area contributed by atoms with Crippen molar-refractivity contribution in [2.45, 2.75) is 13.1 Å². The molecule has 0 saturated carbocycles. The van der Waals surface area contributed by atoms with Gasteiger partial charge in [0, 0.05) is 6.54 Å². The summed E-state index contributed by atoms with van der Waals surface area (Å²) in [5.74, 6) is 2.11. The van der Waals surface area contributed by atoms with E-state index in [0.717, 1.165) is 11.4 Å². The molecule has 0 atom stereocenters. The smallest absolute Gasteiger partial charge is 0.231 e. The van der Waals surface area contributed by atoms with Crippen molar-refractivity contribution in [3.05, 3.63) is 34.9 Å². The number of ether oxygens (including phenoxy) is 2. The summed E-state index contributed by atoms with van der Waals surface area (Å²) >= 11 is 6.09. The first kappa shape index (κ1) is 11.3. The molecule has 1 aromatic heterocycles. The number of aromatic amines is 1. The number of H-pyrrole nitrogens is 1. The standard InChI is InChI=1S/C11H11ClN4O2/c12-8-1-7(2-9-11(8)18-6-17-9)3-13-4-10-14-5-15-16-10/h1-2,5,13H,3-4,6H2,(H,14,15,16). The van der Waals surface area contributed by atoms with Crippen molar-refractivity contribution in [1.29, 1.82) is 0 Å². The summed E-state index contributed by atoms with van der Waals surface area (Å²) in [4.78, 5) is 4.02. The number of aromatic nitrogens is 3. The summed E-state index contributed by atoms with van der Waals surface area (Å²) in [6.07, 6.45) is 1.48. The third kappa shape index (κ3) is 2.25. The Labute approximate surface area is 108 Å². The van der Waals surface area contributed by atoms with Gasteiger partial charge in [0.15, 0.2) is 11.5 Å². The van der Waals surface area contributed by atoms with E-state index in [1.807, 2.05) is 12.1 Å². The van der Waals surface area contributed by atoms with E-state index in [0.29, 0.717) is 29.6 Å². The number of benzene rings is 1. The Morgan fingerprint density at radius 2 is 2.28 bits per heavy atom. The summed E-state index contributed by atoms with van der Waals surface area (Å²) in [6.45, 7) is 1.51. The highest BCUT2D eigenvalue weighted by Gasteiger charge is 2.17. The molecule has 2 aromatic rings. The number of halogens is 1. The quantitative estimate of drug-likeness (QED) is 0.877. The summed E-state index contributed by atoms with van der Waals surface area (Å²) in [7, 11) is 0. The molecule has 0 fully saturated rings. The van der Waals surface area contributed by atoms with Crippen LogP contribution in [0, 0.1) is 0 Å². The van der Waals surface area contributed by atoms with Crippen LogP contribution in [-0.4, -0.2) is 22.0 Å². The van der Waals surface area contributed by atoms with Gasteiger partial charge in [0.05, 0.1) is 11.6 Å². The van der Waals surface area contributed by atoms with Crippen LogP contribution < -0.4 is 14.8 Å². The van der Waals surface area contributed by atoms with Crippen LogP contribution in [0.15, 0.2) is 18.5 Å². The van der Waals surface area contributed by atoms with Crippen LogP contribution in [0.4, 0.5) is 0 Å². The predicted octanol–water partition coefficient (Wildman–Crippen LogP) is 1.48. The average Bonchev–Trinajstić information content (AvgIpc) is 2.99. The van der Waals surface area contributed by atoms with Crippen molar-refractivity contribution in [3.63, 3.8) is 0 Å². The molecule has 0 bridgehead atoms. The SMILES string of the molecule is Clc1cc(CNCc2ncn[nH]2)cc2c1OCO2. The Bertz CT molecular complexity index is 544. The van der Waals surface area contributed by atoms with Crippen LogP contribution in [0.2, 0.25) is 5.02 Å². The van der Waals surface area contributed by atoms with Crippen molar-refractivity contribution >= 4 is 11.6 Å². The first-order valence-electron chi connectivity index (χ1n) is 5.46. The molecule has 3 rings (SSSR count). The number of hydrogen-bond acceptors (Lipinski definition) is 5. The van der Waals surface area contributed by atoms with Gasteiger partial charge in [-0.2, -0.15) is 5.10 Å². The zero-order valence-corrected chi connectivity index (χ0v) is 10.2. The molecule has 0 unspecified atom stereocenters. The molecule has 1 aliphatic heterocycles. The lowest BCUT2D eigenvalue weighted by molar-refractivity contribution is 0.174. The summed E-state index contributed by atoms with van der Waals surface area (Å²) in [6, 6.07) is 3.78. The van der Waals surface area contributed by atoms with Crippen LogP contribution >= 0.6 is 11.6 Å². The lowest BCUT2D eigenvalue weighted by Crippen LogP contribution is -2.13. The van der Waals surface area contributed by atoms with E-state index in [9.17, 15) is 0 Å². The normalized spacial score (nSPS) is 12.9. The van der Waals surface area contributed by atoms with Crippen molar-refractivity contribution in [2.24, 2.45) is 0 Å². The first-order chi connectivity index (χ1) is 8.83. The van der Waals surface area contributed by atoms with Gasteiger partial charge >= 0.3 is 0 Å². The highest BCUT2D eigenvalue weighted by Crippen LogP contribution is 2.39. The predicted molar refractivity (Wildman–Crippen MR) is 64.5 cm³/mol. The minimum atomic E-state index is 0.226. The van der Waals surface area contributed by atoms with Crippen molar-refractivity contribution in [1.82, 2.24) is 20.5 Å². The van der Waals surface area contributed by atoms with E-state index in [4.69, 9.17) is 21.1 Å². The Morgan fingerprint density at radius 3 is 3.11 bits per heavy atom. The first-order valence-corrected chi connectivity index (χ1v) is 5.84. The molecule has 0 radical (unpaired) electrons. The van der Waals surface area contributed by atoms with Gasteiger partial charge < -0.3 is 14.8 Å². The fourth-order valence-corrected chi connectivity index (χ4v) is 2.05. The van der Waals surface area contributed by atoms with Gasteiger partial charge in [-0.05, 0) is 17.7 Å². The summed E-state index contributed by atoms with van der Waals surface area (Å²) in [5.41, 5.74) is 1.03. The van der Waals surface area contributed by atoms with Crippen LogP contribution in [0.25, 0.3) is 0 Å². The maximum atomic E-state index is 6.09. The fourth-order valence-electron chi connectivity index (χ4n) is 1.76. The highest BCUT2D eigenvalue weighted by atomic mass is 35.5. The lowest BCUT2D eigenvalue weighted by Gasteiger charge is -2.06. The number of nitrogens with one attached hydrogen (secondary N) is 2. The van der Waals surface area contributed by atoms with E-state index in [-0.39, 0.29) is 6.79 Å². The fraction of sp³-hybridized carbons (Fsp3) is 0.273. The van der Waals surface area contributed by atoms with Crippen molar-refractivity contribution < 1.29 is 9.47 Å². The molecule has 2 heterocycles. The van der Waals surface area contributed by atoms with Crippen LogP contribution in [0.1, 0.15) is 11.4 Å². The molecular formula is C11H11ClN4O2. The lowest BCUT2D eigenvalue weighted by atomic mass is 10.2. The van der Waals surface area contributed by atoms with E-state index >= 15 is 0 Å². The van der Waals surface area contributed by atoms with Gasteiger partial charge in [0.1, 0.15) is 12.2 Å². The maximum absolute atomic E-state index is 6.09. The summed E-state index contributed by atoms with van der Waals surface area (Å²) < 4.78 is 10.6. The average molecular weight is 267 g/mol. The molecule has 0 amide bonds. The van der Waals surface area contributed by atoms with E-state index < -0.39 is 0 Å². The number of nitrogens with zero attached hydrogens (tertiary/aromatic N) is 2. The molecule has 0 saturated heterocycles. The van der Waals surface area contributed by atoms with Gasteiger partial charge in [-0.1, -0.05) is 11.6 Å². The maximum Gasteiger partial charge on any atom is 0.231 e.